The zero-order valence-electron chi connectivity index (χ0n) is 12.2. The molecule has 0 saturated carbocycles. The molecule has 1 heterocycles. The van der Waals surface area contributed by atoms with Crippen molar-refractivity contribution in [3.8, 4) is 24.2 Å². The summed E-state index contributed by atoms with van der Waals surface area (Å²) in [6.07, 6.45) is 9.44. The monoisotopic (exact) mass is 331 g/mol. The van der Waals surface area contributed by atoms with Crippen LogP contribution in [0.3, 0.4) is 0 Å². The van der Waals surface area contributed by atoms with Crippen LogP contribution >= 0.6 is 0 Å². The van der Waals surface area contributed by atoms with E-state index in [-0.39, 0.29) is 17.0 Å². The van der Waals surface area contributed by atoms with Gasteiger partial charge in [0.25, 0.3) is 0 Å². The van der Waals surface area contributed by atoms with Gasteiger partial charge in [0.15, 0.2) is 0 Å². The summed E-state index contributed by atoms with van der Waals surface area (Å²) in [7, 11) is 0. The van der Waals surface area contributed by atoms with Crippen LogP contribution in [0.15, 0.2) is 24.3 Å². The van der Waals surface area contributed by atoms with Crippen molar-refractivity contribution in [3.05, 3.63) is 35.4 Å². The fourth-order valence-electron chi connectivity index (χ4n) is 2.69. The average molecular weight is 332 g/mol. The molecule has 0 aliphatic carbocycles. The Balaban J connectivity index is 0.00000200. The first kappa shape index (κ1) is 16.8. The molecule has 0 spiro atoms. The lowest BCUT2D eigenvalue weighted by Crippen LogP contribution is -3.00. The van der Waals surface area contributed by atoms with Gasteiger partial charge in [-0.1, -0.05) is 23.6 Å². The highest BCUT2D eigenvalue weighted by Crippen LogP contribution is 2.17. The van der Waals surface area contributed by atoms with E-state index in [4.69, 9.17) is 6.42 Å². The quantitative estimate of drug-likeness (QED) is 0.528. The molecule has 0 amide bonds. The van der Waals surface area contributed by atoms with Crippen molar-refractivity contribution in [2.75, 3.05) is 26.2 Å². The molecule has 2 heteroatoms. The Bertz CT molecular complexity index is 507. The van der Waals surface area contributed by atoms with Crippen molar-refractivity contribution in [1.29, 1.82) is 0 Å². The Labute approximate surface area is 133 Å². The predicted molar refractivity (Wildman–Crippen MR) is 80.5 cm³/mol. The molecule has 20 heavy (non-hydrogen) atoms. The number of benzene rings is 1. The second-order valence-electron chi connectivity index (χ2n) is 5.54. The van der Waals surface area contributed by atoms with Crippen LogP contribution in [0.25, 0.3) is 0 Å². The summed E-state index contributed by atoms with van der Waals surface area (Å²) in [5, 5.41) is 0. The molecule has 1 aromatic carbocycles. The van der Waals surface area contributed by atoms with Gasteiger partial charge in [-0.2, -0.15) is 0 Å². The number of hydrogen-bond acceptors (Lipinski definition) is 0. The lowest BCUT2D eigenvalue weighted by molar-refractivity contribution is -0.919. The van der Waals surface area contributed by atoms with Crippen LogP contribution in [0.1, 0.15) is 30.4 Å². The Morgan fingerprint density at radius 1 is 1.05 bits per heavy atom. The zero-order chi connectivity index (χ0) is 13.6. The van der Waals surface area contributed by atoms with Crippen LogP contribution in [0.4, 0.5) is 0 Å². The molecule has 1 aromatic rings. The first-order valence-electron chi connectivity index (χ1n) is 7.08. The van der Waals surface area contributed by atoms with Gasteiger partial charge in [0.1, 0.15) is 13.1 Å². The first-order chi connectivity index (χ1) is 9.24. The fraction of sp³-hybridized carbons (Fsp3) is 0.444. The molecule has 0 aromatic heterocycles. The highest BCUT2D eigenvalue weighted by atomic mass is 79.9. The van der Waals surface area contributed by atoms with E-state index in [0.717, 1.165) is 23.1 Å². The van der Waals surface area contributed by atoms with Gasteiger partial charge >= 0.3 is 0 Å². The summed E-state index contributed by atoms with van der Waals surface area (Å²) in [5.41, 5.74) is 2.37. The molecule has 1 fully saturated rings. The molecular formula is C18H22BrN. The van der Waals surface area contributed by atoms with Crippen molar-refractivity contribution in [2.45, 2.75) is 26.2 Å². The van der Waals surface area contributed by atoms with E-state index < -0.39 is 0 Å². The molecule has 1 saturated heterocycles. The fourth-order valence-corrected chi connectivity index (χ4v) is 2.69. The van der Waals surface area contributed by atoms with Gasteiger partial charge in [-0.15, -0.1) is 6.42 Å². The summed E-state index contributed by atoms with van der Waals surface area (Å²) < 4.78 is 0.995. The van der Waals surface area contributed by atoms with Gasteiger partial charge in [-0.3, -0.25) is 0 Å². The second-order valence-corrected chi connectivity index (χ2v) is 5.54. The van der Waals surface area contributed by atoms with Crippen molar-refractivity contribution in [1.82, 2.24) is 0 Å². The molecule has 1 nitrogen and oxygen atoms in total. The Morgan fingerprint density at radius 3 is 2.30 bits per heavy atom. The Morgan fingerprint density at radius 2 is 1.70 bits per heavy atom. The smallest absolute Gasteiger partial charge is 0.142 e. The number of hydrogen-bond donors (Lipinski definition) is 0. The maximum Gasteiger partial charge on any atom is 0.142 e. The molecule has 1 aliphatic rings. The molecule has 0 unspecified atom stereocenters. The highest BCUT2D eigenvalue weighted by molar-refractivity contribution is 5.35. The van der Waals surface area contributed by atoms with E-state index in [0.29, 0.717) is 0 Å². The topological polar surface area (TPSA) is 0 Å². The predicted octanol–water partition coefficient (Wildman–Crippen LogP) is -0.0156. The second kappa shape index (κ2) is 8.15. The number of quaternary nitrogens is 1. The molecule has 0 bridgehead atoms. The molecule has 1 aliphatic heterocycles. The lowest BCUT2D eigenvalue weighted by atomic mass is 10.1. The molecule has 0 radical (unpaired) electrons. The number of terminal acetylenes is 1. The minimum absolute atomic E-state index is 0. The van der Waals surface area contributed by atoms with Gasteiger partial charge in [-0.05, 0) is 50.2 Å². The first-order valence-corrected chi connectivity index (χ1v) is 7.08. The average Bonchev–Trinajstić information content (AvgIpc) is 2.42. The Hall–Kier alpha value is -1.22. The minimum Gasteiger partial charge on any atom is -1.00 e. The van der Waals surface area contributed by atoms with Gasteiger partial charge in [0.05, 0.1) is 13.1 Å². The van der Waals surface area contributed by atoms with Crippen molar-refractivity contribution in [2.24, 2.45) is 0 Å². The maximum absolute atomic E-state index is 5.53. The lowest BCUT2D eigenvalue weighted by Gasteiger charge is -2.38. The van der Waals surface area contributed by atoms with Crippen LogP contribution in [0, 0.1) is 31.1 Å². The largest absolute Gasteiger partial charge is 1.00 e. The third-order valence-electron chi connectivity index (χ3n) is 3.89. The molecule has 106 valence electrons. The normalized spacial score (nSPS) is 16.2. The summed E-state index contributed by atoms with van der Waals surface area (Å²) in [5.74, 6) is 9.45. The van der Waals surface area contributed by atoms with E-state index in [9.17, 15) is 0 Å². The maximum atomic E-state index is 5.53. The summed E-state index contributed by atoms with van der Waals surface area (Å²) in [6, 6.07) is 8.39. The standard InChI is InChI=1S/C18H22N.BrH/c1-3-13-19(14-5-4-6-15-19)16-7-8-18-11-9-17(2)10-12-18;/h1,9-12H,4-6,13-16H2,2H3;1H/q+1;/p-1. The minimum atomic E-state index is 0. The van der Waals surface area contributed by atoms with Gasteiger partial charge in [0.2, 0.25) is 0 Å². The van der Waals surface area contributed by atoms with Crippen LogP contribution in [0.5, 0.6) is 0 Å². The van der Waals surface area contributed by atoms with Crippen molar-refractivity contribution >= 4 is 0 Å². The van der Waals surface area contributed by atoms with Crippen LogP contribution in [-0.4, -0.2) is 30.7 Å². The highest BCUT2D eigenvalue weighted by Gasteiger charge is 2.27. The Kier molecular flexibility index (Phi) is 6.86. The van der Waals surface area contributed by atoms with E-state index in [1.54, 1.807) is 0 Å². The number of aryl methyl sites for hydroxylation is 1. The van der Waals surface area contributed by atoms with E-state index in [1.807, 2.05) is 0 Å². The zero-order valence-corrected chi connectivity index (χ0v) is 13.7. The summed E-state index contributed by atoms with van der Waals surface area (Å²) >= 11 is 0. The van der Waals surface area contributed by atoms with Crippen molar-refractivity contribution in [3.63, 3.8) is 0 Å². The number of nitrogens with zero attached hydrogens (tertiary/aromatic N) is 1. The molecule has 0 N–H and O–H groups in total. The summed E-state index contributed by atoms with van der Waals surface area (Å²) in [6.45, 7) is 6.18. The third-order valence-corrected chi connectivity index (χ3v) is 3.89. The number of halogens is 1. The van der Waals surface area contributed by atoms with E-state index >= 15 is 0 Å². The van der Waals surface area contributed by atoms with Crippen LogP contribution in [-0.2, 0) is 0 Å². The molecule has 0 atom stereocenters. The number of likely N-dealkylation sites (tertiary alicyclic amines) is 1. The van der Waals surface area contributed by atoms with E-state index in [1.165, 1.54) is 37.9 Å². The van der Waals surface area contributed by atoms with Crippen LogP contribution in [0.2, 0.25) is 0 Å². The van der Waals surface area contributed by atoms with Crippen molar-refractivity contribution < 1.29 is 21.5 Å². The molecular weight excluding hydrogens is 310 g/mol. The SMILES string of the molecule is C#CC[N+]1(CC#Cc2ccc(C)cc2)CCCCC1.[Br-]. The molecule has 2 rings (SSSR count). The summed E-state index contributed by atoms with van der Waals surface area (Å²) in [4.78, 5) is 0. The van der Waals surface area contributed by atoms with Gasteiger partial charge < -0.3 is 21.5 Å². The van der Waals surface area contributed by atoms with E-state index in [2.05, 4.69) is 49.0 Å². The van der Waals surface area contributed by atoms with Gasteiger partial charge in [-0.25, -0.2) is 0 Å². The van der Waals surface area contributed by atoms with Crippen LogP contribution < -0.4 is 17.0 Å². The number of piperidine rings is 1. The van der Waals surface area contributed by atoms with Gasteiger partial charge in [0, 0.05) is 5.56 Å². The number of rotatable bonds is 2. The third kappa shape index (κ3) is 4.71.